The second-order valence-corrected chi connectivity index (χ2v) is 4.76. The van der Waals surface area contributed by atoms with Gasteiger partial charge in [0.2, 0.25) is 0 Å². The Balaban J connectivity index is 2.19. The van der Waals surface area contributed by atoms with E-state index in [1.54, 1.807) is 19.5 Å². The van der Waals surface area contributed by atoms with E-state index in [1.807, 2.05) is 25.4 Å². The maximum Gasteiger partial charge on any atom is 0.142 e. The lowest BCUT2D eigenvalue weighted by Crippen LogP contribution is -2.19. The van der Waals surface area contributed by atoms with Crippen LogP contribution in [0.4, 0.5) is 0 Å². The van der Waals surface area contributed by atoms with E-state index in [2.05, 4.69) is 39.6 Å². The van der Waals surface area contributed by atoms with Crippen molar-refractivity contribution in [2.45, 2.75) is 6.04 Å². The molecular formula is C17H17N3O. The van der Waals surface area contributed by atoms with E-state index in [4.69, 9.17) is 4.74 Å². The Morgan fingerprint density at radius 2 is 1.90 bits per heavy atom. The molecular weight excluding hydrogens is 262 g/mol. The molecule has 1 unspecified atom stereocenters. The van der Waals surface area contributed by atoms with Crippen LogP contribution in [0.2, 0.25) is 0 Å². The number of hydrogen-bond donors (Lipinski definition) is 1. The zero-order valence-electron chi connectivity index (χ0n) is 12.1. The van der Waals surface area contributed by atoms with Crippen molar-refractivity contribution in [1.82, 2.24) is 15.3 Å². The van der Waals surface area contributed by atoms with Crippen molar-refractivity contribution in [1.29, 1.82) is 0 Å². The second-order valence-electron chi connectivity index (χ2n) is 4.76. The first kappa shape index (κ1) is 13.5. The molecule has 0 radical (unpaired) electrons. The van der Waals surface area contributed by atoms with E-state index < -0.39 is 0 Å². The molecule has 106 valence electrons. The van der Waals surface area contributed by atoms with Crippen LogP contribution in [0.15, 0.2) is 55.0 Å². The Hall–Kier alpha value is -2.46. The second kappa shape index (κ2) is 5.89. The van der Waals surface area contributed by atoms with Crippen molar-refractivity contribution < 1.29 is 4.74 Å². The minimum Gasteiger partial charge on any atom is -0.495 e. The Bertz CT molecular complexity index is 752. The van der Waals surface area contributed by atoms with E-state index in [1.165, 1.54) is 0 Å². The smallest absolute Gasteiger partial charge is 0.142 e. The average molecular weight is 279 g/mol. The molecule has 3 aromatic rings. The predicted molar refractivity (Wildman–Crippen MR) is 83.4 cm³/mol. The van der Waals surface area contributed by atoms with Gasteiger partial charge >= 0.3 is 0 Å². The number of fused-ring (bicyclic) bond motifs is 1. The molecule has 0 amide bonds. The van der Waals surface area contributed by atoms with Crippen LogP contribution in [0, 0.1) is 0 Å². The molecule has 1 atom stereocenters. The number of nitrogens with one attached hydrogen (secondary N) is 1. The summed E-state index contributed by atoms with van der Waals surface area (Å²) in [6.07, 6.45) is 5.33. The number of para-hydroxylation sites is 1. The molecule has 0 saturated heterocycles. The van der Waals surface area contributed by atoms with Crippen molar-refractivity contribution >= 4 is 10.9 Å². The van der Waals surface area contributed by atoms with E-state index in [9.17, 15) is 0 Å². The zero-order chi connectivity index (χ0) is 14.7. The van der Waals surface area contributed by atoms with E-state index in [0.29, 0.717) is 0 Å². The summed E-state index contributed by atoms with van der Waals surface area (Å²) in [5.41, 5.74) is 3.17. The molecule has 0 saturated carbocycles. The number of rotatable bonds is 4. The fourth-order valence-electron chi connectivity index (χ4n) is 2.64. The van der Waals surface area contributed by atoms with E-state index in [-0.39, 0.29) is 6.04 Å². The minimum absolute atomic E-state index is 0.00144. The Labute approximate surface area is 123 Å². The maximum atomic E-state index is 5.44. The van der Waals surface area contributed by atoms with Crippen molar-refractivity contribution in [3.8, 4) is 5.75 Å². The van der Waals surface area contributed by atoms with Gasteiger partial charge in [0.15, 0.2) is 0 Å². The summed E-state index contributed by atoms with van der Waals surface area (Å²) in [6.45, 7) is 0. The molecule has 3 rings (SSSR count). The third kappa shape index (κ3) is 2.45. The number of methoxy groups -OCH3 is 1. The highest BCUT2D eigenvalue weighted by Crippen LogP contribution is 2.32. The van der Waals surface area contributed by atoms with Gasteiger partial charge in [-0.25, -0.2) is 0 Å². The summed E-state index contributed by atoms with van der Waals surface area (Å²) in [7, 11) is 3.60. The van der Waals surface area contributed by atoms with Crippen molar-refractivity contribution in [2.75, 3.05) is 14.2 Å². The van der Waals surface area contributed by atoms with Crippen molar-refractivity contribution in [3.63, 3.8) is 0 Å². The number of aromatic nitrogens is 2. The summed E-state index contributed by atoms with van der Waals surface area (Å²) >= 11 is 0. The van der Waals surface area contributed by atoms with Gasteiger partial charge in [-0.15, -0.1) is 0 Å². The van der Waals surface area contributed by atoms with Crippen LogP contribution >= 0.6 is 0 Å². The largest absolute Gasteiger partial charge is 0.495 e. The quantitative estimate of drug-likeness (QED) is 0.797. The number of pyridine rings is 2. The average Bonchev–Trinajstić information content (AvgIpc) is 2.56. The molecule has 0 aliphatic rings. The molecule has 0 spiro atoms. The highest BCUT2D eigenvalue weighted by molar-refractivity contribution is 5.82. The normalized spacial score (nSPS) is 12.3. The van der Waals surface area contributed by atoms with Crippen LogP contribution in [0.25, 0.3) is 10.9 Å². The van der Waals surface area contributed by atoms with Gasteiger partial charge in [-0.1, -0.05) is 24.3 Å². The molecule has 4 heteroatoms. The highest BCUT2D eigenvalue weighted by Gasteiger charge is 2.19. The van der Waals surface area contributed by atoms with Gasteiger partial charge in [0.05, 0.1) is 24.9 Å². The monoisotopic (exact) mass is 279 g/mol. The standard InChI is InChI=1S/C17H17N3O/c1-18-17(13-8-10-19-11-15(13)21-2)14-7-3-5-12-6-4-9-20-16(12)14/h3-11,17-18H,1-2H3. The van der Waals surface area contributed by atoms with Crippen LogP contribution in [-0.2, 0) is 0 Å². The third-order valence-corrected chi connectivity index (χ3v) is 3.61. The first-order valence-electron chi connectivity index (χ1n) is 6.84. The summed E-state index contributed by atoms with van der Waals surface area (Å²) in [6, 6.07) is 12.2. The van der Waals surface area contributed by atoms with Crippen LogP contribution in [0.5, 0.6) is 5.75 Å². The van der Waals surface area contributed by atoms with Gasteiger partial charge in [-0.3, -0.25) is 9.97 Å². The predicted octanol–water partition coefficient (Wildman–Crippen LogP) is 2.95. The van der Waals surface area contributed by atoms with Crippen molar-refractivity contribution in [2.24, 2.45) is 0 Å². The Kier molecular flexibility index (Phi) is 3.79. The number of hydrogen-bond acceptors (Lipinski definition) is 4. The SMILES string of the molecule is CNC(c1ccncc1OC)c1cccc2cccnc12. The topological polar surface area (TPSA) is 47.0 Å². The van der Waals surface area contributed by atoms with Crippen LogP contribution < -0.4 is 10.1 Å². The Morgan fingerprint density at radius 1 is 1.05 bits per heavy atom. The maximum absolute atomic E-state index is 5.44. The molecule has 0 bridgehead atoms. The highest BCUT2D eigenvalue weighted by atomic mass is 16.5. The molecule has 0 aliphatic heterocycles. The molecule has 1 N–H and O–H groups in total. The lowest BCUT2D eigenvalue weighted by Gasteiger charge is -2.20. The summed E-state index contributed by atoms with van der Waals surface area (Å²) in [5, 5.41) is 4.48. The van der Waals surface area contributed by atoms with Gasteiger partial charge in [0.25, 0.3) is 0 Å². The first-order valence-corrected chi connectivity index (χ1v) is 6.84. The van der Waals surface area contributed by atoms with Crippen LogP contribution in [0.3, 0.4) is 0 Å². The van der Waals surface area contributed by atoms with Gasteiger partial charge < -0.3 is 10.1 Å². The number of ether oxygens (including phenoxy) is 1. The van der Waals surface area contributed by atoms with Crippen LogP contribution in [0.1, 0.15) is 17.2 Å². The fourth-order valence-corrected chi connectivity index (χ4v) is 2.64. The van der Waals surface area contributed by atoms with Gasteiger partial charge in [-0.2, -0.15) is 0 Å². The van der Waals surface area contributed by atoms with E-state index >= 15 is 0 Å². The summed E-state index contributed by atoms with van der Waals surface area (Å²) in [5.74, 6) is 0.768. The molecule has 4 nitrogen and oxygen atoms in total. The number of nitrogens with zero attached hydrogens (tertiary/aromatic N) is 2. The fraction of sp³-hybridized carbons (Fsp3) is 0.176. The Morgan fingerprint density at radius 3 is 2.71 bits per heavy atom. The lowest BCUT2D eigenvalue weighted by molar-refractivity contribution is 0.403. The molecule has 1 aromatic carbocycles. The summed E-state index contributed by atoms with van der Waals surface area (Å²) in [4.78, 5) is 8.66. The minimum atomic E-state index is 0.00144. The molecule has 2 heterocycles. The van der Waals surface area contributed by atoms with Crippen molar-refractivity contribution in [3.05, 3.63) is 66.1 Å². The van der Waals surface area contributed by atoms with Crippen LogP contribution in [-0.4, -0.2) is 24.1 Å². The number of benzene rings is 1. The summed E-state index contributed by atoms with van der Waals surface area (Å²) < 4.78 is 5.44. The van der Waals surface area contributed by atoms with E-state index in [0.717, 1.165) is 27.8 Å². The van der Waals surface area contributed by atoms with Gasteiger partial charge in [0, 0.05) is 23.3 Å². The molecule has 0 fully saturated rings. The van der Waals surface area contributed by atoms with Gasteiger partial charge in [0.1, 0.15) is 5.75 Å². The third-order valence-electron chi connectivity index (χ3n) is 3.61. The molecule has 21 heavy (non-hydrogen) atoms. The molecule has 2 aromatic heterocycles. The first-order chi connectivity index (χ1) is 10.3. The lowest BCUT2D eigenvalue weighted by atomic mass is 9.96. The van der Waals surface area contributed by atoms with Gasteiger partial charge in [-0.05, 0) is 24.7 Å². The zero-order valence-corrected chi connectivity index (χ0v) is 12.1. The molecule has 0 aliphatic carbocycles.